The molecule has 3 amide bonds. The van der Waals surface area contributed by atoms with Crippen molar-refractivity contribution in [3.63, 3.8) is 0 Å². The summed E-state index contributed by atoms with van der Waals surface area (Å²) in [5, 5.41) is 5.31. The Kier molecular flexibility index (Phi) is 6.49. The SMILES string of the molecule is CC(C)C[C@H](N)C(=O)N1CCc2c(cccc2NC(=O)Nc2ccccc2F)C1. The summed E-state index contributed by atoms with van der Waals surface area (Å²) in [5.41, 5.74) is 8.80. The lowest BCUT2D eigenvalue weighted by Crippen LogP contribution is -2.46. The second-order valence-electron chi connectivity index (χ2n) is 7.75. The van der Waals surface area contributed by atoms with Crippen molar-refractivity contribution in [1.29, 1.82) is 0 Å². The number of hydrogen-bond donors (Lipinski definition) is 3. The average molecular weight is 398 g/mol. The summed E-state index contributed by atoms with van der Waals surface area (Å²) in [6, 6.07) is 10.6. The summed E-state index contributed by atoms with van der Waals surface area (Å²) >= 11 is 0. The second-order valence-corrected chi connectivity index (χ2v) is 7.75. The Balaban J connectivity index is 1.68. The first-order valence-corrected chi connectivity index (χ1v) is 9.82. The molecule has 0 fully saturated rings. The minimum absolute atomic E-state index is 0.0417. The maximum absolute atomic E-state index is 13.7. The van der Waals surface area contributed by atoms with Crippen LogP contribution in [0, 0.1) is 11.7 Å². The number of fused-ring (bicyclic) bond motifs is 1. The van der Waals surface area contributed by atoms with Crippen LogP contribution in [0.15, 0.2) is 42.5 Å². The standard InChI is InChI=1S/C22H27FN4O2/c1-14(2)12-18(24)21(28)27-11-10-16-15(13-27)6-5-9-19(16)25-22(29)26-20-8-4-3-7-17(20)23/h3-9,14,18H,10-13,24H2,1-2H3,(H2,25,26,29)/t18-/m0/s1. The van der Waals surface area contributed by atoms with Gasteiger partial charge >= 0.3 is 6.03 Å². The van der Waals surface area contributed by atoms with Crippen molar-refractivity contribution in [2.24, 2.45) is 11.7 Å². The highest BCUT2D eigenvalue weighted by atomic mass is 19.1. The molecule has 4 N–H and O–H groups in total. The molecule has 7 heteroatoms. The van der Waals surface area contributed by atoms with E-state index in [0.717, 1.165) is 11.1 Å². The number of nitrogens with zero attached hydrogens (tertiary/aromatic N) is 1. The van der Waals surface area contributed by atoms with Gasteiger partial charge in [-0.2, -0.15) is 0 Å². The smallest absolute Gasteiger partial charge is 0.323 e. The third kappa shape index (κ3) is 5.12. The van der Waals surface area contributed by atoms with Crippen LogP contribution >= 0.6 is 0 Å². The van der Waals surface area contributed by atoms with Crippen molar-refractivity contribution in [2.45, 2.75) is 39.3 Å². The Labute approximate surface area is 170 Å². The number of hydrogen-bond acceptors (Lipinski definition) is 3. The molecular weight excluding hydrogens is 371 g/mol. The van der Waals surface area contributed by atoms with Crippen molar-refractivity contribution in [1.82, 2.24) is 4.90 Å². The molecule has 0 aromatic heterocycles. The van der Waals surface area contributed by atoms with Gasteiger partial charge in [0.2, 0.25) is 5.91 Å². The zero-order chi connectivity index (χ0) is 21.0. The average Bonchev–Trinajstić information content (AvgIpc) is 2.68. The molecule has 6 nitrogen and oxygen atoms in total. The van der Waals surface area contributed by atoms with E-state index in [4.69, 9.17) is 5.73 Å². The number of para-hydroxylation sites is 1. The van der Waals surface area contributed by atoms with E-state index >= 15 is 0 Å². The van der Waals surface area contributed by atoms with Gasteiger partial charge in [0.25, 0.3) is 0 Å². The maximum Gasteiger partial charge on any atom is 0.323 e. The Morgan fingerprint density at radius 1 is 1.10 bits per heavy atom. The topological polar surface area (TPSA) is 87.5 Å². The molecule has 0 bridgehead atoms. The summed E-state index contributed by atoms with van der Waals surface area (Å²) in [6.07, 6.45) is 1.27. The van der Waals surface area contributed by atoms with Gasteiger partial charge in [0, 0.05) is 18.8 Å². The molecule has 2 aromatic carbocycles. The summed E-state index contributed by atoms with van der Waals surface area (Å²) < 4.78 is 13.7. The number of anilines is 2. The molecule has 0 saturated heterocycles. The number of carbonyl (C=O) groups excluding carboxylic acids is 2. The van der Waals surface area contributed by atoms with E-state index in [9.17, 15) is 14.0 Å². The molecule has 0 spiro atoms. The molecular formula is C22H27FN4O2. The molecule has 154 valence electrons. The van der Waals surface area contributed by atoms with Gasteiger partial charge in [-0.05, 0) is 48.1 Å². The van der Waals surface area contributed by atoms with E-state index in [0.29, 0.717) is 37.5 Å². The highest BCUT2D eigenvalue weighted by molar-refractivity contribution is 6.00. The van der Waals surface area contributed by atoms with Gasteiger partial charge in [0.05, 0.1) is 11.7 Å². The van der Waals surface area contributed by atoms with E-state index in [1.165, 1.54) is 12.1 Å². The number of carbonyl (C=O) groups is 2. The highest BCUT2D eigenvalue weighted by Gasteiger charge is 2.26. The molecule has 29 heavy (non-hydrogen) atoms. The predicted octanol–water partition coefficient (Wildman–Crippen LogP) is 3.73. The number of benzene rings is 2. The monoisotopic (exact) mass is 398 g/mol. The van der Waals surface area contributed by atoms with Gasteiger partial charge in [-0.3, -0.25) is 4.79 Å². The first-order valence-electron chi connectivity index (χ1n) is 9.82. The molecule has 0 aliphatic carbocycles. The van der Waals surface area contributed by atoms with Crippen molar-refractivity contribution >= 4 is 23.3 Å². The van der Waals surface area contributed by atoms with Crippen molar-refractivity contribution < 1.29 is 14.0 Å². The minimum atomic E-state index is -0.513. The lowest BCUT2D eigenvalue weighted by Gasteiger charge is -2.32. The number of nitrogens with two attached hydrogens (primary N) is 1. The number of halogens is 1. The first kappa shape index (κ1) is 20.8. The maximum atomic E-state index is 13.7. The van der Waals surface area contributed by atoms with Crippen LogP contribution in [-0.2, 0) is 17.8 Å². The van der Waals surface area contributed by atoms with E-state index in [1.54, 1.807) is 17.0 Å². The van der Waals surface area contributed by atoms with Crippen LogP contribution in [0.2, 0.25) is 0 Å². The number of rotatable bonds is 5. The van der Waals surface area contributed by atoms with E-state index in [-0.39, 0.29) is 11.6 Å². The number of amides is 3. The zero-order valence-electron chi connectivity index (χ0n) is 16.7. The number of urea groups is 1. The fourth-order valence-electron chi connectivity index (χ4n) is 3.60. The summed E-state index contributed by atoms with van der Waals surface area (Å²) in [5.74, 6) is -0.181. The van der Waals surface area contributed by atoms with Gasteiger partial charge in [0.1, 0.15) is 5.82 Å². The van der Waals surface area contributed by atoms with Crippen LogP contribution in [0.5, 0.6) is 0 Å². The van der Waals surface area contributed by atoms with Gasteiger partial charge in [-0.15, -0.1) is 0 Å². The minimum Gasteiger partial charge on any atom is -0.337 e. The van der Waals surface area contributed by atoms with Crippen LogP contribution in [0.25, 0.3) is 0 Å². The highest BCUT2D eigenvalue weighted by Crippen LogP contribution is 2.27. The van der Waals surface area contributed by atoms with Crippen LogP contribution in [0.3, 0.4) is 0 Å². The Hall–Kier alpha value is -2.93. The zero-order valence-corrected chi connectivity index (χ0v) is 16.7. The largest absolute Gasteiger partial charge is 0.337 e. The second kappa shape index (κ2) is 9.05. The van der Waals surface area contributed by atoms with Gasteiger partial charge in [0.15, 0.2) is 0 Å². The molecule has 0 radical (unpaired) electrons. The van der Waals surface area contributed by atoms with Crippen molar-refractivity contribution in [3.8, 4) is 0 Å². The van der Waals surface area contributed by atoms with Crippen molar-refractivity contribution in [3.05, 3.63) is 59.4 Å². The Morgan fingerprint density at radius 3 is 2.52 bits per heavy atom. The fourth-order valence-corrected chi connectivity index (χ4v) is 3.60. The van der Waals surface area contributed by atoms with Crippen LogP contribution in [0.1, 0.15) is 31.4 Å². The first-order chi connectivity index (χ1) is 13.8. The summed E-state index contributed by atoms with van der Waals surface area (Å²) in [6.45, 7) is 5.10. The Bertz CT molecular complexity index is 900. The molecule has 2 aromatic rings. The van der Waals surface area contributed by atoms with Crippen LogP contribution in [0.4, 0.5) is 20.6 Å². The predicted molar refractivity (Wildman–Crippen MR) is 112 cm³/mol. The van der Waals surface area contributed by atoms with Crippen LogP contribution in [-0.4, -0.2) is 29.4 Å². The molecule has 1 aliphatic rings. The van der Waals surface area contributed by atoms with Gasteiger partial charge in [-0.25, -0.2) is 9.18 Å². The lowest BCUT2D eigenvalue weighted by molar-refractivity contribution is -0.133. The molecule has 1 heterocycles. The van der Waals surface area contributed by atoms with Gasteiger partial charge in [-0.1, -0.05) is 38.1 Å². The fraction of sp³-hybridized carbons (Fsp3) is 0.364. The van der Waals surface area contributed by atoms with E-state index in [1.807, 2.05) is 32.0 Å². The summed E-state index contributed by atoms with van der Waals surface area (Å²) in [7, 11) is 0. The lowest BCUT2D eigenvalue weighted by atomic mass is 9.96. The quantitative estimate of drug-likeness (QED) is 0.717. The molecule has 3 rings (SSSR count). The van der Waals surface area contributed by atoms with Gasteiger partial charge < -0.3 is 21.3 Å². The van der Waals surface area contributed by atoms with Crippen molar-refractivity contribution in [2.75, 3.05) is 17.2 Å². The van der Waals surface area contributed by atoms with E-state index in [2.05, 4.69) is 10.6 Å². The number of nitrogens with one attached hydrogen (secondary N) is 2. The normalized spacial score (nSPS) is 14.3. The molecule has 0 saturated carbocycles. The van der Waals surface area contributed by atoms with E-state index < -0.39 is 17.9 Å². The summed E-state index contributed by atoms with van der Waals surface area (Å²) in [4.78, 5) is 26.7. The third-order valence-electron chi connectivity index (χ3n) is 4.99. The Morgan fingerprint density at radius 2 is 1.79 bits per heavy atom. The molecule has 0 unspecified atom stereocenters. The molecule has 1 atom stereocenters. The third-order valence-corrected chi connectivity index (χ3v) is 4.99. The van der Waals surface area contributed by atoms with Crippen LogP contribution < -0.4 is 16.4 Å². The molecule has 1 aliphatic heterocycles.